The highest BCUT2D eigenvalue weighted by atomic mass is 35.5. The molecule has 4 nitrogen and oxygen atoms in total. The molecule has 3 aromatic carbocycles. The molecule has 0 aromatic heterocycles. The molecule has 0 amide bonds. The smallest absolute Gasteiger partial charge is 0.289 e. The number of hydrogen-bond donors (Lipinski definition) is 0. The third kappa shape index (κ3) is 6.03. The number of halogens is 6. The second-order valence-electron chi connectivity index (χ2n) is 7.54. The predicted molar refractivity (Wildman–Crippen MR) is 117 cm³/mol. The van der Waals surface area contributed by atoms with Gasteiger partial charge in [0.1, 0.15) is 14.1 Å². The van der Waals surface area contributed by atoms with E-state index in [0.717, 1.165) is 4.53 Å². The van der Waals surface area contributed by atoms with Crippen molar-refractivity contribution in [3.8, 4) is 5.75 Å². The largest absolute Gasteiger partial charge is 0.416 e. The number of nitrogens with zero attached hydrogens (tertiary/aromatic N) is 2. The molecule has 33 heavy (non-hydrogen) atoms. The molecule has 10 heteroatoms. The maximum absolute atomic E-state index is 14.3. The number of carbonyl (C=O) groups is 1. The normalized spacial score (nSPS) is 12.2. The van der Waals surface area contributed by atoms with Crippen LogP contribution in [0.25, 0.3) is 0 Å². The SMILES string of the molecule is C[N+](C)(Oc1c(F)cc(C(F)(F)F)cc1Cl)N(Cl)Cc1cccc(C(=O)c2ccccc2)c1. The van der Waals surface area contributed by atoms with Crippen molar-refractivity contribution in [2.75, 3.05) is 14.1 Å². The number of alkyl halides is 3. The number of carbonyl (C=O) groups excluding carboxylic acids is 1. The summed E-state index contributed by atoms with van der Waals surface area (Å²) in [6.45, 7) is 0.0599. The summed E-state index contributed by atoms with van der Waals surface area (Å²) in [4.78, 5) is 18.2. The highest BCUT2D eigenvalue weighted by Gasteiger charge is 2.35. The highest BCUT2D eigenvalue weighted by Crippen LogP contribution is 2.38. The Balaban J connectivity index is 1.78. The highest BCUT2D eigenvalue weighted by molar-refractivity contribution is 6.32. The predicted octanol–water partition coefficient (Wildman–Crippen LogP) is 6.67. The Labute approximate surface area is 198 Å². The second-order valence-corrected chi connectivity index (χ2v) is 8.34. The van der Waals surface area contributed by atoms with Gasteiger partial charge in [-0.15, -0.1) is 0 Å². The van der Waals surface area contributed by atoms with E-state index in [4.69, 9.17) is 28.2 Å². The number of ketones is 1. The Kier molecular flexibility index (Phi) is 7.33. The van der Waals surface area contributed by atoms with Crippen LogP contribution in [0.3, 0.4) is 0 Å². The fourth-order valence-electron chi connectivity index (χ4n) is 2.97. The molecule has 0 radical (unpaired) electrons. The molecule has 0 atom stereocenters. The van der Waals surface area contributed by atoms with E-state index in [0.29, 0.717) is 28.8 Å². The van der Waals surface area contributed by atoms with Gasteiger partial charge >= 0.3 is 6.18 Å². The summed E-state index contributed by atoms with van der Waals surface area (Å²) in [5.74, 6) is -2.02. The standard InChI is InChI=1S/C23H19Cl2F4N2O2/c1-31(2,33-22-19(24)12-18(13-20(22)26)23(27,28)29)30(25)14-15-7-6-10-17(11-15)21(32)16-8-4-3-5-9-16/h3-13H,14H2,1-2H3/q+1. The quantitative estimate of drug-likeness (QED) is 0.119. The molecule has 0 spiro atoms. The molecule has 0 aliphatic rings. The lowest BCUT2D eigenvalue weighted by atomic mass is 10.0. The zero-order valence-corrected chi connectivity index (χ0v) is 19.0. The van der Waals surface area contributed by atoms with Gasteiger partial charge < -0.3 is 0 Å². The van der Waals surface area contributed by atoms with Crippen molar-refractivity contribution in [1.82, 2.24) is 4.53 Å². The zero-order chi connectivity index (χ0) is 24.4. The first-order valence-electron chi connectivity index (χ1n) is 9.61. The Morgan fingerprint density at radius 2 is 1.64 bits per heavy atom. The Hall–Kier alpha value is -2.65. The maximum atomic E-state index is 14.3. The molecule has 0 aliphatic heterocycles. The van der Waals surface area contributed by atoms with Crippen molar-refractivity contribution in [1.29, 1.82) is 0 Å². The van der Waals surface area contributed by atoms with Crippen LogP contribution >= 0.6 is 23.4 Å². The summed E-state index contributed by atoms with van der Waals surface area (Å²) in [7, 11) is 2.89. The van der Waals surface area contributed by atoms with Crippen LogP contribution < -0.4 is 4.84 Å². The molecular formula is C23H19Cl2F4N2O2+. The lowest BCUT2D eigenvalue weighted by Crippen LogP contribution is -2.52. The minimum atomic E-state index is -4.76. The Morgan fingerprint density at radius 3 is 2.24 bits per heavy atom. The monoisotopic (exact) mass is 501 g/mol. The molecule has 0 saturated heterocycles. The summed E-state index contributed by atoms with van der Waals surface area (Å²) in [5.41, 5.74) is 0.405. The average Bonchev–Trinajstić information content (AvgIpc) is 2.75. The Morgan fingerprint density at radius 1 is 1.00 bits per heavy atom. The van der Waals surface area contributed by atoms with Crippen molar-refractivity contribution >= 4 is 29.2 Å². The molecule has 0 fully saturated rings. The minimum Gasteiger partial charge on any atom is -0.289 e. The molecule has 0 aliphatic carbocycles. The van der Waals surface area contributed by atoms with Gasteiger partial charge in [-0.1, -0.05) is 64.9 Å². The van der Waals surface area contributed by atoms with Gasteiger partial charge in [-0.2, -0.15) is 13.2 Å². The van der Waals surface area contributed by atoms with Crippen molar-refractivity contribution in [3.05, 3.63) is 99.8 Å². The van der Waals surface area contributed by atoms with Crippen LogP contribution in [0, 0.1) is 5.82 Å². The van der Waals surface area contributed by atoms with Gasteiger partial charge in [-0.05, 0) is 28.3 Å². The van der Waals surface area contributed by atoms with Crippen LogP contribution in [-0.2, 0) is 12.7 Å². The van der Waals surface area contributed by atoms with Gasteiger partial charge in [-0.3, -0.25) is 9.63 Å². The molecule has 0 saturated carbocycles. The van der Waals surface area contributed by atoms with E-state index in [1.54, 1.807) is 48.5 Å². The van der Waals surface area contributed by atoms with Gasteiger partial charge in [0.25, 0.3) is 0 Å². The van der Waals surface area contributed by atoms with Gasteiger partial charge in [0, 0.05) is 22.9 Å². The minimum absolute atomic E-state index is 0.0599. The topological polar surface area (TPSA) is 29.5 Å². The van der Waals surface area contributed by atoms with Crippen molar-refractivity contribution in [3.63, 3.8) is 0 Å². The molecule has 3 aromatic rings. The Bertz CT molecular complexity index is 1130. The van der Waals surface area contributed by atoms with E-state index in [1.165, 1.54) is 14.1 Å². The molecule has 0 N–H and O–H groups in total. The van der Waals surface area contributed by atoms with Crippen LogP contribution in [0.2, 0.25) is 5.02 Å². The van der Waals surface area contributed by atoms with E-state index in [-0.39, 0.29) is 12.3 Å². The molecule has 0 heterocycles. The first-order chi connectivity index (χ1) is 15.4. The van der Waals surface area contributed by atoms with Crippen molar-refractivity contribution in [2.45, 2.75) is 12.7 Å². The van der Waals surface area contributed by atoms with Crippen LogP contribution in [0.1, 0.15) is 27.0 Å². The van der Waals surface area contributed by atoms with E-state index in [2.05, 4.69) is 0 Å². The number of quaternary nitrogens is 1. The van der Waals surface area contributed by atoms with Crippen molar-refractivity contribution < 1.29 is 31.9 Å². The summed E-state index contributed by atoms with van der Waals surface area (Å²) in [5, 5.41) is -0.547. The van der Waals surface area contributed by atoms with Gasteiger partial charge in [0.15, 0.2) is 11.6 Å². The van der Waals surface area contributed by atoms with Crippen molar-refractivity contribution in [2.24, 2.45) is 0 Å². The van der Waals surface area contributed by atoms with E-state index >= 15 is 0 Å². The fourth-order valence-corrected chi connectivity index (χ4v) is 3.38. The zero-order valence-electron chi connectivity index (χ0n) is 17.5. The number of benzene rings is 3. The maximum Gasteiger partial charge on any atom is 0.416 e. The molecular weight excluding hydrogens is 483 g/mol. The van der Waals surface area contributed by atoms with Crippen LogP contribution in [0.5, 0.6) is 5.75 Å². The number of rotatable bonds is 7. The summed E-state index contributed by atoms with van der Waals surface area (Å²) < 4.78 is 53.5. The summed E-state index contributed by atoms with van der Waals surface area (Å²) in [6, 6.07) is 16.4. The van der Waals surface area contributed by atoms with E-state index in [9.17, 15) is 22.4 Å². The first-order valence-corrected chi connectivity index (χ1v) is 10.3. The molecule has 3 rings (SSSR count). The number of hydroxylamine groups is 2. The van der Waals surface area contributed by atoms with Gasteiger partial charge in [-0.25, -0.2) is 4.39 Å². The summed E-state index contributed by atoms with van der Waals surface area (Å²) >= 11 is 12.2. The van der Waals surface area contributed by atoms with Crippen LogP contribution in [0.15, 0.2) is 66.7 Å². The summed E-state index contributed by atoms with van der Waals surface area (Å²) in [6.07, 6.45) is -4.76. The van der Waals surface area contributed by atoms with Gasteiger partial charge in [0.2, 0.25) is 5.75 Å². The van der Waals surface area contributed by atoms with Crippen LogP contribution in [0.4, 0.5) is 17.6 Å². The van der Waals surface area contributed by atoms with E-state index < -0.39 is 33.1 Å². The second kappa shape index (κ2) is 9.69. The van der Waals surface area contributed by atoms with Gasteiger partial charge in [0.05, 0.1) is 17.1 Å². The first kappa shape index (κ1) is 25.0. The number of hydrogen-bond acceptors (Lipinski definition) is 3. The third-order valence-corrected chi connectivity index (χ3v) is 5.47. The lowest BCUT2D eigenvalue weighted by molar-refractivity contribution is -1.13. The molecule has 174 valence electrons. The van der Waals surface area contributed by atoms with Crippen LogP contribution in [-0.4, -0.2) is 29.2 Å². The average molecular weight is 502 g/mol. The van der Waals surface area contributed by atoms with E-state index in [1.807, 2.05) is 6.07 Å². The molecule has 0 bridgehead atoms. The lowest BCUT2D eigenvalue weighted by Gasteiger charge is -2.32. The molecule has 0 unspecified atom stereocenters. The third-order valence-electron chi connectivity index (χ3n) is 4.70. The fraction of sp³-hybridized carbons (Fsp3) is 0.174.